The molecule has 6 heteroatoms. The summed E-state index contributed by atoms with van der Waals surface area (Å²) < 4.78 is 0. The number of nitrogens with zero attached hydrogens (tertiary/aromatic N) is 2. The normalized spacial score (nSPS) is 20.2. The molecule has 0 saturated carbocycles. The Hall–Kier alpha value is -0.970. The Balaban J connectivity index is 1.84. The molecule has 0 aromatic heterocycles. The topological polar surface area (TPSA) is 39.7 Å². The number of benzene rings is 1. The summed E-state index contributed by atoms with van der Waals surface area (Å²) in [6.45, 7) is 8.84. The van der Waals surface area contributed by atoms with Gasteiger partial charge in [-0.1, -0.05) is 36.2 Å². The van der Waals surface area contributed by atoms with Crippen LogP contribution < -0.4 is 10.6 Å². The lowest BCUT2D eigenvalue weighted by atomic mass is 10.1. The lowest BCUT2D eigenvalue weighted by Crippen LogP contribution is -2.41. The second-order valence-electron chi connectivity index (χ2n) is 6.44. The van der Waals surface area contributed by atoms with Crippen molar-refractivity contribution in [3.8, 4) is 0 Å². The molecule has 0 spiro atoms. The van der Waals surface area contributed by atoms with E-state index in [1.165, 1.54) is 32.5 Å². The number of hydrogen-bond acceptors (Lipinski definition) is 2. The molecule has 1 fully saturated rings. The standard InChI is InChI=1S/C18H28Cl2N4/c1-4-8-24-9-7-14(12-24)11-22-18(21-3)23-13(2)16-6-5-15(19)10-17(16)20/h5-6,10,13-14H,4,7-9,11-12H2,1-3H3,(H2,21,22,23). The van der Waals surface area contributed by atoms with Crippen LogP contribution in [0.3, 0.4) is 0 Å². The first-order valence-electron chi connectivity index (χ1n) is 8.68. The first-order valence-corrected chi connectivity index (χ1v) is 9.43. The molecular formula is C18H28Cl2N4. The van der Waals surface area contributed by atoms with Crippen molar-refractivity contribution in [3.05, 3.63) is 33.8 Å². The minimum absolute atomic E-state index is 0.0566. The molecule has 1 aromatic rings. The van der Waals surface area contributed by atoms with Gasteiger partial charge in [-0.25, -0.2) is 0 Å². The summed E-state index contributed by atoms with van der Waals surface area (Å²) in [6, 6.07) is 5.64. The number of likely N-dealkylation sites (tertiary alicyclic amines) is 1. The van der Waals surface area contributed by atoms with Gasteiger partial charge in [-0.3, -0.25) is 4.99 Å². The average molecular weight is 371 g/mol. The van der Waals surface area contributed by atoms with Crippen LogP contribution in [0.15, 0.2) is 23.2 Å². The summed E-state index contributed by atoms with van der Waals surface area (Å²) in [7, 11) is 1.80. The predicted molar refractivity (Wildman–Crippen MR) is 104 cm³/mol. The van der Waals surface area contributed by atoms with Gasteiger partial charge in [-0.2, -0.15) is 0 Å². The van der Waals surface area contributed by atoms with Crippen LogP contribution in [0.2, 0.25) is 10.0 Å². The van der Waals surface area contributed by atoms with E-state index in [0.29, 0.717) is 16.0 Å². The third kappa shape index (κ3) is 5.54. The van der Waals surface area contributed by atoms with Crippen molar-refractivity contribution < 1.29 is 0 Å². The number of halogens is 2. The number of guanidine groups is 1. The van der Waals surface area contributed by atoms with Crippen LogP contribution in [0.1, 0.15) is 38.3 Å². The van der Waals surface area contributed by atoms with E-state index >= 15 is 0 Å². The van der Waals surface area contributed by atoms with Crippen LogP contribution in [0.5, 0.6) is 0 Å². The van der Waals surface area contributed by atoms with E-state index in [2.05, 4.69) is 34.4 Å². The summed E-state index contributed by atoms with van der Waals surface area (Å²) >= 11 is 12.3. The fourth-order valence-corrected chi connectivity index (χ4v) is 3.74. The number of aliphatic imine (C=N–C) groups is 1. The Morgan fingerprint density at radius 1 is 1.42 bits per heavy atom. The van der Waals surface area contributed by atoms with Crippen molar-refractivity contribution in [2.75, 3.05) is 33.2 Å². The van der Waals surface area contributed by atoms with Crippen LogP contribution in [-0.4, -0.2) is 44.1 Å². The lowest BCUT2D eigenvalue weighted by molar-refractivity contribution is 0.324. The third-order valence-electron chi connectivity index (χ3n) is 4.47. The molecule has 1 aliphatic heterocycles. The zero-order valence-electron chi connectivity index (χ0n) is 14.8. The molecule has 24 heavy (non-hydrogen) atoms. The zero-order valence-corrected chi connectivity index (χ0v) is 16.3. The van der Waals surface area contributed by atoms with Gasteiger partial charge in [-0.05, 0) is 56.5 Å². The van der Waals surface area contributed by atoms with Crippen LogP contribution in [0.25, 0.3) is 0 Å². The van der Waals surface area contributed by atoms with E-state index in [1.807, 2.05) is 12.1 Å². The van der Waals surface area contributed by atoms with E-state index in [4.69, 9.17) is 23.2 Å². The molecular weight excluding hydrogens is 343 g/mol. The van der Waals surface area contributed by atoms with Gasteiger partial charge in [0.2, 0.25) is 0 Å². The van der Waals surface area contributed by atoms with E-state index in [9.17, 15) is 0 Å². The highest BCUT2D eigenvalue weighted by atomic mass is 35.5. The summed E-state index contributed by atoms with van der Waals surface area (Å²) in [6.07, 6.45) is 2.48. The molecule has 0 radical (unpaired) electrons. The molecule has 1 heterocycles. The minimum Gasteiger partial charge on any atom is -0.356 e. The molecule has 4 nitrogen and oxygen atoms in total. The van der Waals surface area contributed by atoms with E-state index < -0.39 is 0 Å². The summed E-state index contributed by atoms with van der Waals surface area (Å²) in [5, 5.41) is 8.17. The van der Waals surface area contributed by atoms with Gasteiger partial charge in [0, 0.05) is 30.2 Å². The summed E-state index contributed by atoms with van der Waals surface area (Å²) in [5.74, 6) is 1.49. The maximum Gasteiger partial charge on any atom is 0.191 e. The van der Waals surface area contributed by atoms with E-state index in [1.54, 1.807) is 13.1 Å². The Labute approximate surface area is 155 Å². The van der Waals surface area contributed by atoms with Crippen molar-refractivity contribution in [3.63, 3.8) is 0 Å². The quantitative estimate of drug-likeness (QED) is 0.588. The maximum atomic E-state index is 6.29. The smallest absolute Gasteiger partial charge is 0.191 e. The number of nitrogens with one attached hydrogen (secondary N) is 2. The highest BCUT2D eigenvalue weighted by Gasteiger charge is 2.22. The van der Waals surface area contributed by atoms with Gasteiger partial charge in [0.25, 0.3) is 0 Å². The molecule has 134 valence electrons. The fourth-order valence-electron chi connectivity index (χ4n) is 3.17. The zero-order chi connectivity index (χ0) is 17.5. The monoisotopic (exact) mass is 370 g/mol. The van der Waals surface area contributed by atoms with Crippen LogP contribution >= 0.6 is 23.2 Å². The minimum atomic E-state index is 0.0566. The predicted octanol–water partition coefficient (Wildman–Crippen LogP) is 3.95. The Morgan fingerprint density at radius 3 is 2.88 bits per heavy atom. The van der Waals surface area contributed by atoms with Crippen molar-refractivity contribution in [1.82, 2.24) is 15.5 Å². The highest BCUT2D eigenvalue weighted by Crippen LogP contribution is 2.26. The second kappa shape index (κ2) is 9.50. The molecule has 0 aliphatic carbocycles. The lowest BCUT2D eigenvalue weighted by Gasteiger charge is -2.21. The molecule has 2 rings (SSSR count). The van der Waals surface area contributed by atoms with Gasteiger partial charge < -0.3 is 15.5 Å². The second-order valence-corrected chi connectivity index (χ2v) is 7.28. The number of hydrogen-bond donors (Lipinski definition) is 2. The molecule has 1 aliphatic rings. The molecule has 0 amide bonds. The number of rotatable bonds is 6. The summed E-state index contributed by atoms with van der Waals surface area (Å²) in [4.78, 5) is 6.87. The first kappa shape index (κ1) is 19.4. The van der Waals surface area contributed by atoms with Crippen molar-refractivity contribution in [1.29, 1.82) is 0 Å². The third-order valence-corrected chi connectivity index (χ3v) is 5.04. The largest absolute Gasteiger partial charge is 0.356 e. The first-order chi connectivity index (χ1) is 11.5. The van der Waals surface area contributed by atoms with Crippen molar-refractivity contribution >= 4 is 29.2 Å². The van der Waals surface area contributed by atoms with E-state index in [0.717, 1.165) is 18.1 Å². The van der Waals surface area contributed by atoms with Crippen molar-refractivity contribution in [2.45, 2.75) is 32.7 Å². The maximum absolute atomic E-state index is 6.29. The molecule has 0 bridgehead atoms. The Bertz CT molecular complexity index is 562. The van der Waals surface area contributed by atoms with Crippen LogP contribution in [0, 0.1) is 5.92 Å². The molecule has 2 atom stereocenters. The SMILES string of the molecule is CCCN1CCC(CNC(=NC)NC(C)c2ccc(Cl)cc2Cl)C1. The van der Waals surface area contributed by atoms with Gasteiger partial charge in [0.1, 0.15) is 0 Å². The van der Waals surface area contributed by atoms with Gasteiger partial charge >= 0.3 is 0 Å². The van der Waals surface area contributed by atoms with E-state index in [-0.39, 0.29) is 6.04 Å². The van der Waals surface area contributed by atoms with Crippen LogP contribution in [0.4, 0.5) is 0 Å². The van der Waals surface area contributed by atoms with Gasteiger partial charge in [0.05, 0.1) is 6.04 Å². The molecule has 2 N–H and O–H groups in total. The van der Waals surface area contributed by atoms with Gasteiger partial charge in [-0.15, -0.1) is 0 Å². The molecule has 2 unspecified atom stereocenters. The molecule has 1 saturated heterocycles. The Kier molecular flexibility index (Phi) is 7.66. The summed E-state index contributed by atoms with van der Waals surface area (Å²) in [5.41, 5.74) is 1.01. The Morgan fingerprint density at radius 2 is 2.21 bits per heavy atom. The highest BCUT2D eigenvalue weighted by molar-refractivity contribution is 6.35. The average Bonchev–Trinajstić information content (AvgIpc) is 2.99. The fraction of sp³-hybridized carbons (Fsp3) is 0.611. The van der Waals surface area contributed by atoms with Crippen LogP contribution in [-0.2, 0) is 0 Å². The molecule has 1 aromatic carbocycles. The van der Waals surface area contributed by atoms with Crippen molar-refractivity contribution in [2.24, 2.45) is 10.9 Å². The van der Waals surface area contributed by atoms with Gasteiger partial charge in [0.15, 0.2) is 5.96 Å².